The van der Waals surface area contributed by atoms with Crippen LogP contribution in [-0.4, -0.2) is 28.2 Å². The van der Waals surface area contributed by atoms with Gasteiger partial charge in [-0.2, -0.15) is 9.13 Å². The van der Waals surface area contributed by atoms with E-state index in [4.69, 9.17) is 0 Å². The van der Waals surface area contributed by atoms with Crippen molar-refractivity contribution in [2.75, 3.05) is 38.0 Å². The van der Waals surface area contributed by atoms with E-state index in [2.05, 4.69) is 120 Å². The molecule has 2 heterocycles. The summed E-state index contributed by atoms with van der Waals surface area (Å²) in [5.41, 5.74) is 5.26. The third-order valence-corrected chi connectivity index (χ3v) is 7.32. The summed E-state index contributed by atoms with van der Waals surface area (Å²) >= 11 is 0. The van der Waals surface area contributed by atoms with Gasteiger partial charge in [0.2, 0.25) is 11.0 Å². The summed E-state index contributed by atoms with van der Waals surface area (Å²) in [7, 11) is 8.48. The minimum Gasteiger partial charge on any atom is -1.00 e. The van der Waals surface area contributed by atoms with Crippen LogP contribution in [0, 0.1) is 0 Å². The van der Waals surface area contributed by atoms with Gasteiger partial charge >= 0.3 is 0 Å². The van der Waals surface area contributed by atoms with Gasteiger partial charge in [-0.05, 0) is 25.0 Å². The molecule has 4 aromatic rings. The number of hydrogen-bond acceptors (Lipinski definition) is 2. The zero-order chi connectivity index (χ0) is 25.3. The van der Waals surface area contributed by atoms with Crippen LogP contribution in [0.1, 0.15) is 51.4 Å². The van der Waals surface area contributed by atoms with Crippen molar-refractivity contribution in [3.63, 3.8) is 0 Å². The Bertz CT molecular complexity index is 1170. The Morgan fingerprint density at radius 2 is 0.816 bits per heavy atom. The largest absolute Gasteiger partial charge is 1.00 e. The van der Waals surface area contributed by atoms with E-state index in [9.17, 15) is 0 Å². The van der Waals surface area contributed by atoms with Crippen LogP contribution in [0.3, 0.4) is 0 Å². The number of fused-ring (bicyclic) bond motifs is 2. The highest BCUT2D eigenvalue weighted by Gasteiger charge is 2.14. The van der Waals surface area contributed by atoms with Crippen molar-refractivity contribution >= 4 is 33.2 Å². The lowest BCUT2D eigenvalue weighted by molar-refractivity contribution is -0.672. The van der Waals surface area contributed by atoms with Crippen LogP contribution < -0.4 is 66.9 Å². The summed E-state index contributed by atoms with van der Waals surface area (Å²) in [5, 5.41) is 2.68. The molecular formula is C32H44I2N4. The van der Waals surface area contributed by atoms with Crippen molar-refractivity contribution in [1.82, 2.24) is 0 Å². The molecule has 4 nitrogen and oxygen atoms in total. The standard InChI is InChI=1S/C32H44N4.2HI/c1-33(2)29-21-25-35(31-19-13-11-17-27(29)31)23-15-9-7-5-6-8-10-16-24-36-26-22-30(34(3)4)28-18-12-14-20-32(28)36;;/h11-14,17-22,25-26H,5-10,15-16,23-24H2,1-4H3;2*1H/q+2;;/p-2. The van der Waals surface area contributed by atoms with E-state index < -0.39 is 0 Å². The van der Waals surface area contributed by atoms with Crippen molar-refractivity contribution in [1.29, 1.82) is 0 Å². The van der Waals surface area contributed by atoms with E-state index in [0.717, 1.165) is 13.1 Å². The highest BCUT2D eigenvalue weighted by molar-refractivity contribution is 5.90. The predicted octanol–water partition coefficient (Wildman–Crippen LogP) is 0.529. The monoisotopic (exact) mass is 738 g/mol. The fourth-order valence-electron chi connectivity index (χ4n) is 5.34. The zero-order valence-corrected chi connectivity index (χ0v) is 27.9. The van der Waals surface area contributed by atoms with Gasteiger partial charge < -0.3 is 57.8 Å². The minimum absolute atomic E-state index is 0. The van der Waals surface area contributed by atoms with E-state index in [1.807, 2.05) is 0 Å². The zero-order valence-electron chi connectivity index (χ0n) is 23.5. The number of unbranched alkanes of at least 4 members (excludes halogenated alkanes) is 7. The number of anilines is 2. The van der Waals surface area contributed by atoms with Crippen molar-refractivity contribution in [2.45, 2.75) is 64.5 Å². The number of benzene rings is 2. The topological polar surface area (TPSA) is 14.2 Å². The third-order valence-electron chi connectivity index (χ3n) is 7.32. The Labute approximate surface area is 264 Å². The molecule has 4 rings (SSSR count). The van der Waals surface area contributed by atoms with Crippen LogP contribution in [-0.2, 0) is 13.1 Å². The molecule has 6 heteroatoms. The number of aromatic nitrogens is 2. The van der Waals surface area contributed by atoms with Crippen LogP contribution in [0.2, 0.25) is 0 Å². The normalized spacial score (nSPS) is 10.7. The maximum absolute atomic E-state index is 2.43. The van der Waals surface area contributed by atoms with Crippen LogP contribution >= 0.6 is 0 Å². The van der Waals surface area contributed by atoms with E-state index in [1.54, 1.807) is 0 Å². The van der Waals surface area contributed by atoms with Gasteiger partial charge in [0, 0.05) is 65.3 Å². The molecule has 0 aliphatic carbocycles. The molecule has 0 unspecified atom stereocenters. The molecule has 2 aromatic heterocycles. The second-order valence-electron chi connectivity index (χ2n) is 10.4. The van der Waals surface area contributed by atoms with Crippen molar-refractivity contribution < 1.29 is 57.1 Å². The maximum Gasteiger partial charge on any atom is 0.214 e. The van der Waals surface area contributed by atoms with E-state index >= 15 is 0 Å². The molecule has 206 valence electrons. The smallest absolute Gasteiger partial charge is 0.214 e. The Hall–Kier alpha value is -1.68. The summed E-state index contributed by atoms with van der Waals surface area (Å²) in [6.07, 6.45) is 15.1. The highest BCUT2D eigenvalue weighted by atomic mass is 127. The third kappa shape index (κ3) is 8.41. The number of para-hydroxylation sites is 2. The highest BCUT2D eigenvalue weighted by Crippen LogP contribution is 2.23. The van der Waals surface area contributed by atoms with Gasteiger partial charge in [0.15, 0.2) is 12.4 Å². The quantitative estimate of drug-likeness (QED) is 0.113. The van der Waals surface area contributed by atoms with Gasteiger partial charge in [0.05, 0.1) is 22.1 Å². The van der Waals surface area contributed by atoms with Crippen LogP contribution in [0.5, 0.6) is 0 Å². The minimum atomic E-state index is 0. The predicted molar refractivity (Wildman–Crippen MR) is 154 cm³/mol. The van der Waals surface area contributed by atoms with E-state index in [-0.39, 0.29) is 48.0 Å². The summed E-state index contributed by atoms with van der Waals surface area (Å²) in [6.45, 7) is 2.21. The fourth-order valence-corrected chi connectivity index (χ4v) is 5.34. The molecule has 0 spiro atoms. The Morgan fingerprint density at radius 3 is 1.18 bits per heavy atom. The Morgan fingerprint density at radius 1 is 0.474 bits per heavy atom. The number of pyridine rings is 2. The van der Waals surface area contributed by atoms with Crippen LogP contribution in [0.25, 0.3) is 21.8 Å². The number of rotatable bonds is 13. The molecule has 0 saturated heterocycles. The molecule has 0 fully saturated rings. The van der Waals surface area contributed by atoms with E-state index in [0.29, 0.717) is 0 Å². The van der Waals surface area contributed by atoms with Crippen LogP contribution in [0.4, 0.5) is 11.4 Å². The number of aryl methyl sites for hydroxylation is 2. The van der Waals surface area contributed by atoms with Crippen LogP contribution in [0.15, 0.2) is 73.1 Å². The van der Waals surface area contributed by atoms with Gasteiger partial charge in [0.25, 0.3) is 0 Å². The summed E-state index contributed by atoms with van der Waals surface area (Å²) in [6, 6.07) is 22.1. The number of halogens is 2. The second-order valence-corrected chi connectivity index (χ2v) is 10.4. The summed E-state index contributed by atoms with van der Waals surface area (Å²) in [5.74, 6) is 0. The molecule has 38 heavy (non-hydrogen) atoms. The molecule has 0 aliphatic rings. The molecule has 0 atom stereocenters. The lowest BCUT2D eigenvalue weighted by Crippen LogP contribution is -3.00. The molecule has 0 N–H and O–H groups in total. The SMILES string of the molecule is CN(C)c1cc[n+](CCCCCCCCCC[n+]2ccc(N(C)C)c3ccccc32)c2ccccc12.[I-].[I-]. The lowest BCUT2D eigenvalue weighted by Gasteiger charge is -2.14. The van der Waals surface area contributed by atoms with Gasteiger partial charge in [-0.15, -0.1) is 0 Å². The van der Waals surface area contributed by atoms with E-state index in [1.165, 1.54) is 84.5 Å². The number of nitrogens with zero attached hydrogens (tertiary/aromatic N) is 4. The molecule has 0 amide bonds. The first-order valence-electron chi connectivity index (χ1n) is 13.7. The van der Waals surface area contributed by atoms with Crippen molar-refractivity contribution in [3.8, 4) is 0 Å². The first-order valence-corrected chi connectivity index (χ1v) is 13.7. The maximum atomic E-state index is 2.43. The van der Waals surface area contributed by atoms with Crippen molar-refractivity contribution in [3.05, 3.63) is 73.1 Å². The van der Waals surface area contributed by atoms with Gasteiger partial charge in [-0.1, -0.05) is 49.9 Å². The average molecular weight is 739 g/mol. The second kappa shape index (κ2) is 16.4. The average Bonchev–Trinajstić information content (AvgIpc) is 2.89. The molecule has 0 saturated carbocycles. The summed E-state index contributed by atoms with van der Waals surface area (Å²) in [4.78, 5) is 4.41. The lowest BCUT2D eigenvalue weighted by atomic mass is 10.1. The molecular weight excluding hydrogens is 694 g/mol. The fraction of sp³-hybridized carbons (Fsp3) is 0.438. The van der Waals surface area contributed by atoms with Gasteiger partial charge in [-0.3, -0.25) is 0 Å². The Balaban J connectivity index is 0.00000253. The van der Waals surface area contributed by atoms with Crippen molar-refractivity contribution in [2.24, 2.45) is 0 Å². The first kappa shape index (κ1) is 32.5. The van der Waals surface area contributed by atoms with Gasteiger partial charge in [0.1, 0.15) is 13.1 Å². The summed E-state index contributed by atoms with van der Waals surface area (Å²) < 4.78 is 4.85. The Kier molecular flexibility index (Phi) is 14.1. The molecule has 0 bridgehead atoms. The first-order chi connectivity index (χ1) is 17.6. The molecule has 0 aliphatic heterocycles. The molecule has 0 radical (unpaired) electrons. The molecule has 2 aromatic carbocycles. The number of hydrogen-bond donors (Lipinski definition) is 0. The van der Waals surface area contributed by atoms with Gasteiger partial charge in [-0.25, -0.2) is 0 Å².